The molecule has 0 unspecified atom stereocenters. The second kappa shape index (κ2) is 5.73. The summed E-state index contributed by atoms with van der Waals surface area (Å²) in [6, 6.07) is 2.30. The largest absolute Gasteiger partial charge is 0.477 e. The van der Waals surface area contributed by atoms with Gasteiger partial charge in [0.05, 0.1) is 5.69 Å². The third-order valence-corrected chi connectivity index (χ3v) is 5.29. The first-order valence-electron chi connectivity index (χ1n) is 7.47. The number of rotatable bonds is 3. The van der Waals surface area contributed by atoms with Gasteiger partial charge in [-0.2, -0.15) is 0 Å². The Balaban J connectivity index is 2.08. The summed E-state index contributed by atoms with van der Waals surface area (Å²) in [6.45, 7) is 3.81. The number of thiophene rings is 1. The number of carboxylic acids is 1. The van der Waals surface area contributed by atoms with E-state index in [1.165, 1.54) is 0 Å². The number of nitrogens with zero attached hydrogens (tertiary/aromatic N) is 2. The van der Waals surface area contributed by atoms with Crippen molar-refractivity contribution in [3.8, 4) is 0 Å². The number of nitrogen functional groups attached to an aromatic ring is 1. The van der Waals surface area contributed by atoms with Gasteiger partial charge in [-0.3, -0.25) is 0 Å². The van der Waals surface area contributed by atoms with Gasteiger partial charge in [0.15, 0.2) is 0 Å². The van der Waals surface area contributed by atoms with Gasteiger partial charge in [-0.25, -0.2) is 9.78 Å². The zero-order valence-electron chi connectivity index (χ0n) is 12.5. The van der Waals surface area contributed by atoms with Crippen molar-refractivity contribution < 1.29 is 9.90 Å². The average molecular weight is 320 g/mol. The molecule has 3 heterocycles. The first-order valence-corrected chi connectivity index (χ1v) is 8.28. The quantitative estimate of drug-likeness (QED) is 0.799. The predicted octanol–water partition coefficient (Wildman–Crippen LogP) is 2.07. The van der Waals surface area contributed by atoms with Gasteiger partial charge in [-0.15, -0.1) is 11.3 Å². The molecular formula is C15H20N4O2S. The summed E-state index contributed by atoms with van der Waals surface area (Å²) in [5, 5.41) is 10.0. The van der Waals surface area contributed by atoms with Crippen LogP contribution in [0.1, 0.15) is 35.0 Å². The predicted molar refractivity (Wildman–Crippen MR) is 89.8 cm³/mol. The van der Waals surface area contributed by atoms with Crippen LogP contribution in [0.4, 0.5) is 11.5 Å². The molecule has 0 aliphatic carbocycles. The van der Waals surface area contributed by atoms with Crippen molar-refractivity contribution in [2.75, 3.05) is 23.7 Å². The van der Waals surface area contributed by atoms with Crippen molar-refractivity contribution in [2.24, 2.45) is 5.73 Å². The van der Waals surface area contributed by atoms with Crippen LogP contribution in [0.2, 0.25) is 0 Å². The van der Waals surface area contributed by atoms with Crippen LogP contribution >= 0.6 is 11.3 Å². The summed E-state index contributed by atoms with van der Waals surface area (Å²) in [5.74, 6) is -0.0949. The van der Waals surface area contributed by atoms with E-state index in [1.807, 2.05) is 13.0 Å². The van der Waals surface area contributed by atoms with Crippen LogP contribution in [0.5, 0.6) is 0 Å². The number of carbonyl (C=O) groups is 1. The summed E-state index contributed by atoms with van der Waals surface area (Å²) in [4.78, 5) is 19.1. The molecule has 2 aromatic rings. The molecule has 3 rings (SSSR count). The minimum absolute atomic E-state index is 0.176. The number of aromatic carboxylic acids is 1. The maximum atomic E-state index is 11.3. The molecule has 1 saturated heterocycles. The Labute approximate surface area is 132 Å². The SMILES string of the molecule is CCc1cc(N2CCC(N)CC2)nc2sc(C(=O)O)c(N)c12. The third kappa shape index (κ3) is 2.50. The molecule has 6 nitrogen and oxygen atoms in total. The molecule has 0 aromatic carbocycles. The molecule has 0 radical (unpaired) electrons. The van der Waals surface area contributed by atoms with Crippen LogP contribution in [-0.4, -0.2) is 35.2 Å². The van der Waals surface area contributed by atoms with E-state index in [0.717, 1.165) is 60.5 Å². The van der Waals surface area contributed by atoms with Crippen molar-refractivity contribution in [1.82, 2.24) is 4.98 Å². The van der Waals surface area contributed by atoms with Crippen LogP contribution in [0.25, 0.3) is 10.2 Å². The molecule has 1 aliphatic rings. The lowest BCUT2D eigenvalue weighted by molar-refractivity contribution is 0.0703. The second-order valence-electron chi connectivity index (χ2n) is 5.65. The molecule has 118 valence electrons. The Bertz CT molecular complexity index is 720. The third-order valence-electron chi connectivity index (χ3n) is 4.21. The first-order chi connectivity index (χ1) is 10.5. The summed E-state index contributed by atoms with van der Waals surface area (Å²) >= 11 is 1.15. The highest BCUT2D eigenvalue weighted by Crippen LogP contribution is 2.37. The molecule has 1 aliphatic heterocycles. The molecule has 0 bridgehead atoms. The number of pyridine rings is 1. The number of fused-ring (bicyclic) bond motifs is 1. The van der Waals surface area contributed by atoms with Gasteiger partial charge in [-0.05, 0) is 30.9 Å². The topological polar surface area (TPSA) is 105 Å². The molecule has 0 atom stereocenters. The number of hydrogen-bond donors (Lipinski definition) is 3. The summed E-state index contributed by atoms with van der Waals surface area (Å²) in [5.41, 5.74) is 13.4. The first kappa shape index (κ1) is 15.1. The Kier molecular flexibility index (Phi) is 3.92. The van der Waals surface area contributed by atoms with Gasteiger partial charge in [0.25, 0.3) is 0 Å². The molecule has 1 fully saturated rings. The zero-order chi connectivity index (χ0) is 15.9. The van der Waals surface area contributed by atoms with E-state index in [0.29, 0.717) is 10.5 Å². The lowest BCUT2D eigenvalue weighted by atomic mass is 10.0. The highest BCUT2D eigenvalue weighted by atomic mass is 32.1. The number of anilines is 2. The zero-order valence-corrected chi connectivity index (χ0v) is 13.3. The average Bonchev–Trinajstić information content (AvgIpc) is 2.84. The molecule has 0 amide bonds. The molecule has 2 aromatic heterocycles. The van der Waals surface area contributed by atoms with Gasteiger partial charge in [0.2, 0.25) is 0 Å². The highest BCUT2D eigenvalue weighted by molar-refractivity contribution is 7.21. The van der Waals surface area contributed by atoms with Crippen molar-refractivity contribution in [2.45, 2.75) is 32.2 Å². The Morgan fingerprint density at radius 2 is 2.18 bits per heavy atom. The molecule has 22 heavy (non-hydrogen) atoms. The minimum atomic E-state index is -0.993. The van der Waals surface area contributed by atoms with Crippen molar-refractivity contribution in [3.05, 3.63) is 16.5 Å². The second-order valence-corrected chi connectivity index (χ2v) is 6.65. The van der Waals surface area contributed by atoms with Crippen molar-refractivity contribution >= 4 is 39.0 Å². The van der Waals surface area contributed by atoms with E-state index < -0.39 is 5.97 Å². The van der Waals surface area contributed by atoms with E-state index in [9.17, 15) is 9.90 Å². The summed E-state index contributed by atoms with van der Waals surface area (Å²) in [6.07, 6.45) is 2.70. The van der Waals surface area contributed by atoms with Gasteiger partial charge in [0, 0.05) is 24.5 Å². The van der Waals surface area contributed by atoms with Gasteiger partial charge < -0.3 is 21.5 Å². The van der Waals surface area contributed by atoms with Gasteiger partial charge in [-0.1, -0.05) is 6.92 Å². The molecule has 0 saturated carbocycles. The van der Waals surface area contributed by atoms with Crippen molar-refractivity contribution in [1.29, 1.82) is 0 Å². The summed E-state index contributed by atoms with van der Waals surface area (Å²) < 4.78 is 0. The minimum Gasteiger partial charge on any atom is -0.477 e. The number of aromatic nitrogens is 1. The number of nitrogens with two attached hydrogens (primary N) is 2. The number of hydrogen-bond acceptors (Lipinski definition) is 6. The van der Waals surface area contributed by atoms with Gasteiger partial charge >= 0.3 is 5.97 Å². The molecule has 5 N–H and O–H groups in total. The van der Waals surface area contributed by atoms with Crippen LogP contribution in [-0.2, 0) is 6.42 Å². The number of piperidine rings is 1. The molecule has 0 spiro atoms. The van der Waals surface area contributed by atoms with Crippen LogP contribution in [0.3, 0.4) is 0 Å². The maximum absolute atomic E-state index is 11.3. The number of carboxylic acid groups (broad SMARTS) is 1. The van der Waals surface area contributed by atoms with E-state index in [1.54, 1.807) is 0 Å². The lowest BCUT2D eigenvalue weighted by Crippen LogP contribution is -2.40. The fourth-order valence-electron chi connectivity index (χ4n) is 2.91. The fourth-order valence-corrected chi connectivity index (χ4v) is 3.89. The van der Waals surface area contributed by atoms with Crippen LogP contribution in [0.15, 0.2) is 6.07 Å². The highest BCUT2D eigenvalue weighted by Gasteiger charge is 2.22. The monoisotopic (exact) mass is 320 g/mol. The fraction of sp³-hybridized carbons (Fsp3) is 0.467. The van der Waals surface area contributed by atoms with E-state index in [-0.39, 0.29) is 10.9 Å². The van der Waals surface area contributed by atoms with Crippen LogP contribution < -0.4 is 16.4 Å². The smallest absolute Gasteiger partial charge is 0.348 e. The Morgan fingerprint density at radius 1 is 1.50 bits per heavy atom. The Hall–Kier alpha value is -1.86. The summed E-state index contributed by atoms with van der Waals surface area (Å²) in [7, 11) is 0. The Morgan fingerprint density at radius 3 is 2.77 bits per heavy atom. The molecular weight excluding hydrogens is 300 g/mol. The van der Waals surface area contributed by atoms with Gasteiger partial charge in [0.1, 0.15) is 15.5 Å². The maximum Gasteiger partial charge on any atom is 0.348 e. The number of aryl methyl sites for hydroxylation is 1. The van der Waals surface area contributed by atoms with E-state index >= 15 is 0 Å². The molecule has 7 heteroatoms. The normalized spacial score (nSPS) is 16.4. The van der Waals surface area contributed by atoms with Crippen molar-refractivity contribution in [3.63, 3.8) is 0 Å². The van der Waals surface area contributed by atoms with Crippen LogP contribution in [0, 0.1) is 0 Å². The lowest BCUT2D eigenvalue weighted by Gasteiger charge is -2.31. The standard InChI is InChI=1S/C15H20N4O2S/c1-2-8-7-10(19-5-3-9(16)4-6-19)18-14-11(8)12(17)13(22-14)15(20)21/h7,9H,2-6,16-17H2,1H3,(H,20,21). The van der Waals surface area contributed by atoms with E-state index in [4.69, 9.17) is 11.5 Å². The van der Waals surface area contributed by atoms with E-state index in [2.05, 4.69) is 9.88 Å².